The largest absolute Gasteiger partial charge is 0.416 e. The van der Waals surface area contributed by atoms with Gasteiger partial charge in [-0.05, 0) is 37.3 Å². The Kier molecular flexibility index (Phi) is 4.19. The highest BCUT2D eigenvalue weighted by atomic mass is 19.4. The average molecular weight is 325 g/mol. The van der Waals surface area contributed by atoms with Crippen molar-refractivity contribution in [2.45, 2.75) is 44.0 Å². The van der Waals surface area contributed by atoms with Gasteiger partial charge in [-0.25, -0.2) is 0 Å². The molecule has 1 aliphatic heterocycles. The molecule has 124 valence electrons. The molecule has 0 aromatic heterocycles. The Hall–Kier alpha value is -1.82. The highest BCUT2D eigenvalue weighted by Gasteiger charge is 2.41. The van der Waals surface area contributed by atoms with Gasteiger partial charge in [-0.3, -0.25) is 4.79 Å². The molecule has 1 heterocycles. The first-order valence-corrected chi connectivity index (χ1v) is 7.70. The fourth-order valence-electron chi connectivity index (χ4n) is 3.18. The van der Waals surface area contributed by atoms with Crippen LogP contribution in [0.1, 0.15) is 42.9 Å². The van der Waals surface area contributed by atoms with Crippen molar-refractivity contribution in [1.82, 2.24) is 4.90 Å². The smallest absolute Gasteiger partial charge is 0.391 e. The van der Waals surface area contributed by atoms with Gasteiger partial charge in [-0.1, -0.05) is 23.8 Å². The molecule has 23 heavy (non-hydrogen) atoms. The molecule has 1 saturated carbocycles. The standard InChI is InChI=1S/C17H18F3NO2/c18-17(19,20)14-7-2-1-6-13(14)15-9-12(22)10-21(15)16(23)8-11-4-3-5-11/h1-2,6-8,12,15,22H,3-5,9-10H2/t12-,15-/m1/s1. The van der Waals surface area contributed by atoms with Gasteiger partial charge in [0.2, 0.25) is 5.91 Å². The fraction of sp³-hybridized carbons (Fsp3) is 0.471. The summed E-state index contributed by atoms with van der Waals surface area (Å²) in [4.78, 5) is 13.8. The molecule has 0 spiro atoms. The van der Waals surface area contributed by atoms with Gasteiger partial charge in [0.05, 0.1) is 17.7 Å². The van der Waals surface area contributed by atoms with Crippen LogP contribution in [-0.2, 0) is 11.0 Å². The van der Waals surface area contributed by atoms with E-state index in [1.54, 1.807) is 0 Å². The number of hydrogen-bond acceptors (Lipinski definition) is 2. The maximum atomic E-state index is 13.2. The maximum absolute atomic E-state index is 13.2. The third kappa shape index (κ3) is 3.27. The van der Waals surface area contributed by atoms with Gasteiger partial charge in [0.25, 0.3) is 0 Å². The van der Waals surface area contributed by atoms with Crippen LogP contribution < -0.4 is 0 Å². The van der Waals surface area contributed by atoms with Crippen molar-refractivity contribution < 1.29 is 23.1 Å². The highest BCUT2D eigenvalue weighted by Crippen LogP contribution is 2.40. The molecule has 0 bridgehead atoms. The molecule has 2 fully saturated rings. The van der Waals surface area contributed by atoms with E-state index in [9.17, 15) is 23.1 Å². The molecule has 2 atom stereocenters. The fourth-order valence-corrected chi connectivity index (χ4v) is 3.18. The Morgan fingerprint density at radius 3 is 2.57 bits per heavy atom. The Labute approximate surface area is 132 Å². The summed E-state index contributed by atoms with van der Waals surface area (Å²) in [7, 11) is 0. The van der Waals surface area contributed by atoms with E-state index in [0.717, 1.165) is 30.9 Å². The zero-order valence-electron chi connectivity index (χ0n) is 12.5. The summed E-state index contributed by atoms with van der Waals surface area (Å²) in [6.45, 7) is 0.0689. The van der Waals surface area contributed by atoms with Crippen LogP contribution in [0, 0.1) is 0 Å². The Balaban J connectivity index is 1.92. The van der Waals surface area contributed by atoms with Crippen LogP contribution in [0.5, 0.6) is 0 Å². The molecule has 1 saturated heterocycles. The van der Waals surface area contributed by atoms with Crippen LogP contribution in [0.4, 0.5) is 13.2 Å². The second-order valence-electron chi connectivity index (χ2n) is 6.14. The number of aliphatic hydroxyl groups is 1. The van der Waals surface area contributed by atoms with Crippen LogP contribution in [0.15, 0.2) is 35.9 Å². The Morgan fingerprint density at radius 2 is 1.96 bits per heavy atom. The lowest BCUT2D eigenvalue weighted by atomic mass is 9.92. The number of carbonyl (C=O) groups is 1. The third-order valence-electron chi connectivity index (χ3n) is 4.51. The van der Waals surface area contributed by atoms with Crippen molar-refractivity contribution in [1.29, 1.82) is 0 Å². The summed E-state index contributed by atoms with van der Waals surface area (Å²) in [5, 5.41) is 9.88. The number of hydrogen-bond donors (Lipinski definition) is 1. The van der Waals surface area contributed by atoms with Crippen LogP contribution in [-0.4, -0.2) is 28.6 Å². The number of carbonyl (C=O) groups excluding carboxylic acids is 1. The third-order valence-corrected chi connectivity index (χ3v) is 4.51. The topological polar surface area (TPSA) is 40.5 Å². The monoisotopic (exact) mass is 325 g/mol. The Bertz CT molecular complexity index is 633. The van der Waals surface area contributed by atoms with E-state index in [1.807, 2.05) is 0 Å². The number of allylic oxidation sites excluding steroid dienone is 1. The summed E-state index contributed by atoms with van der Waals surface area (Å²) in [6, 6.07) is 4.53. The predicted octanol–water partition coefficient (Wildman–Crippen LogP) is 3.45. The number of alkyl halides is 3. The first-order valence-electron chi connectivity index (χ1n) is 7.70. The number of β-amino-alcohol motifs (C(OH)–C–C–N with tert-alkyl or cyclic N) is 1. The van der Waals surface area contributed by atoms with Gasteiger partial charge in [0.1, 0.15) is 0 Å². The van der Waals surface area contributed by atoms with E-state index < -0.39 is 23.9 Å². The van der Waals surface area contributed by atoms with Crippen molar-refractivity contribution in [3.05, 3.63) is 47.0 Å². The maximum Gasteiger partial charge on any atom is 0.416 e. The van der Waals surface area contributed by atoms with Gasteiger partial charge in [0.15, 0.2) is 0 Å². The summed E-state index contributed by atoms with van der Waals surface area (Å²) in [5.41, 5.74) is 0.337. The summed E-state index contributed by atoms with van der Waals surface area (Å²) < 4.78 is 39.7. The number of rotatable bonds is 2. The van der Waals surface area contributed by atoms with E-state index >= 15 is 0 Å². The minimum atomic E-state index is -4.48. The molecule has 1 aliphatic carbocycles. The number of benzene rings is 1. The summed E-state index contributed by atoms with van der Waals surface area (Å²) in [5.74, 6) is -0.307. The lowest BCUT2D eigenvalue weighted by Crippen LogP contribution is -2.31. The van der Waals surface area contributed by atoms with E-state index in [4.69, 9.17) is 0 Å². The molecule has 1 aromatic rings. The van der Waals surface area contributed by atoms with E-state index in [2.05, 4.69) is 0 Å². The van der Waals surface area contributed by atoms with E-state index in [-0.39, 0.29) is 24.4 Å². The molecule has 0 radical (unpaired) electrons. The molecular weight excluding hydrogens is 307 g/mol. The van der Waals surface area contributed by atoms with Crippen LogP contribution >= 0.6 is 0 Å². The minimum absolute atomic E-state index is 0.0527. The second kappa shape index (κ2) is 6.00. The highest BCUT2D eigenvalue weighted by molar-refractivity contribution is 5.89. The molecule has 6 heteroatoms. The van der Waals surface area contributed by atoms with Gasteiger partial charge < -0.3 is 10.0 Å². The summed E-state index contributed by atoms with van der Waals surface area (Å²) >= 11 is 0. The summed E-state index contributed by atoms with van der Waals surface area (Å²) in [6.07, 6.45) is -0.858. The molecular formula is C17H18F3NO2. The SMILES string of the molecule is O=C(C=C1CCC1)N1C[C@H](O)C[C@@H]1c1ccccc1C(F)(F)F. The zero-order chi connectivity index (χ0) is 16.6. The van der Waals surface area contributed by atoms with Gasteiger partial charge >= 0.3 is 6.18 Å². The zero-order valence-corrected chi connectivity index (χ0v) is 12.5. The van der Waals surface area contributed by atoms with Crippen molar-refractivity contribution in [3.63, 3.8) is 0 Å². The average Bonchev–Trinajstić information content (AvgIpc) is 2.84. The van der Waals surface area contributed by atoms with Crippen LogP contribution in [0.25, 0.3) is 0 Å². The lowest BCUT2D eigenvalue weighted by Gasteiger charge is -2.27. The van der Waals surface area contributed by atoms with Crippen LogP contribution in [0.2, 0.25) is 0 Å². The quantitative estimate of drug-likeness (QED) is 0.846. The van der Waals surface area contributed by atoms with Crippen molar-refractivity contribution in [3.8, 4) is 0 Å². The molecule has 3 rings (SSSR count). The number of nitrogens with zero attached hydrogens (tertiary/aromatic N) is 1. The molecule has 3 nitrogen and oxygen atoms in total. The van der Waals surface area contributed by atoms with E-state index in [1.165, 1.54) is 29.2 Å². The number of likely N-dealkylation sites (tertiary alicyclic amines) is 1. The number of amides is 1. The number of halogens is 3. The first kappa shape index (κ1) is 16.1. The van der Waals surface area contributed by atoms with Crippen molar-refractivity contribution in [2.24, 2.45) is 0 Å². The number of aliphatic hydroxyl groups excluding tert-OH is 1. The van der Waals surface area contributed by atoms with Crippen molar-refractivity contribution >= 4 is 5.91 Å². The predicted molar refractivity (Wildman–Crippen MR) is 78.5 cm³/mol. The molecule has 2 aliphatic rings. The lowest BCUT2D eigenvalue weighted by molar-refractivity contribution is -0.139. The molecule has 1 aromatic carbocycles. The molecule has 1 N–H and O–H groups in total. The molecule has 1 amide bonds. The second-order valence-corrected chi connectivity index (χ2v) is 6.14. The normalized spacial score (nSPS) is 24.5. The van der Waals surface area contributed by atoms with Gasteiger partial charge in [-0.2, -0.15) is 13.2 Å². The first-order chi connectivity index (χ1) is 10.9. The van der Waals surface area contributed by atoms with E-state index in [0.29, 0.717) is 0 Å². The molecule has 0 unspecified atom stereocenters. The van der Waals surface area contributed by atoms with Gasteiger partial charge in [0, 0.05) is 12.6 Å². The van der Waals surface area contributed by atoms with Crippen molar-refractivity contribution in [2.75, 3.05) is 6.54 Å². The van der Waals surface area contributed by atoms with Crippen LogP contribution in [0.3, 0.4) is 0 Å². The minimum Gasteiger partial charge on any atom is -0.391 e. The Morgan fingerprint density at radius 1 is 1.26 bits per heavy atom. The van der Waals surface area contributed by atoms with Gasteiger partial charge in [-0.15, -0.1) is 0 Å².